The zero-order valence-electron chi connectivity index (χ0n) is 24.2. The van der Waals surface area contributed by atoms with Crippen LogP contribution in [-0.2, 0) is 13.0 Å². The second-order valence-corrected chi connectivity index (χ2v) is 11.4. The fourth-order valence-corrected chi connectivity index (χ4v) is 6.54. The van der Waals surface area contributed by atoms with E-state index in [2.05, 4.69) is 87.0 Å². The number of likely N-dealkylation sites (tertiary alicyclic amines) is 1. The van der Waals surface area contributed by atoms with Gasteiger partial charge in [-0.1, -0.05) is 42.3 Å². The summed E-state index contributed by atoms with van der Waals surface area (Å²) in [5.41, 5.74) is 3.49. The van der Waals surface area contributed by atoms with Gasteiger partial charge in [0.25, 0.3) is 0 Å². The summed E-state index contributed by atoms with van der Waals surface area (Å²) in [4.78, 5) is 19.6. The number of ether oxygens (including phenoxy) is 1. The number of fused-ring (bicyclic) bond motifs is 2. The van der Waals surface area contributed by atoms with Crippen molar-refractivity contribution in [2.45, 2.75) is 51.2 Å². The van der Waals surface area contributed by atoms with Crippen molar-refractivity contribution in [2.24, 2.45) is 0 Å². The topological polar surface area (TPSA) is 71.8 Å². The molecule has 3 aliphatic rings. The number of piperazine rings is 1. The standard InChI is InChI=1S/C33H39N7O/c1-3-4-18-38-20-21-40(22-26(38)14-16-34)32-29-15-19-39(31-13-7-10-25-9-5-6-12-28(25)31)23-30(29)35-33(36-32)41-24-27-11-8-17-37(27)2/h5-7,9-10,12-13,26-27H,8,11,14-15,17-24H2,1-2H3. The minimum atomic E-state index is 0.118. The summed E-state index contributed by atoms with van der Waals surface area (Å²) >= 11 is 0. The fourth-order valence-electron chi connectivity index (χ4n) is 6.54. The molecule has 0 spiro atoms. The number of nitrogens with zero attached hydrogens (tertiary/aromatic N) is 7. The molecule has 2 saturated heterocycles. The molecule has 1 aromatic heterocycles. The molecule has 0 saturated carbocycles. The molecular formula is C33H39N7O. The van der Waals surface area contributed by atoms with Crippen LogP contribution in [0.1, 0.15) is 37.4 Å². The third-order valence-corrected chi connectivity index (χ3v) is 8.90. The fraction of sp³-hybridized carbons (Fsp3) is 0.485. The van der Waals surface area contributed by atoms with Gasteiger partial charge in [0, 0.05) is 54.9 Å². The van der Waals surface area contributed by atoms with Gasteiger partial charge in [-0.05, 0) is 51.2 Å². The molecule has 0 radical (unpaired) electrons. The number of rotatable bonds is 7. The lowest BCUT2D eigenvalue weighted by Crippen LogP contribution is -2.53. The summed E-state index contributed by atoms with van der Waals surface area (Å²) in [6, 6.07) is 18.5. The summed E-state index contributed by atoms with van der Waals surface area (Å²) in [5.74, 6) is 7.18. The van der Waals surface area contributed by atoms with Gasteiger partial charge in [0.05, 0.1) is 31.3 Å². The van der Waals surface area contributed by atoms with Crippen LogP contribution in [0.4, 0.5) is 11.5 Å². The van der Waals surface area contributed by atoms with E-state index < -0.39 is 0 Å². The van der Waals surface area contributed by atoms with Gasteiger partial charge in [0.1, 0.15) is 12.4 Å². The molecule has 2 unspecified atom stereocenters. The summed E-state index contributed by atoms with van der Waals surface area (Å²) < 4.78 is 6.33. The van der Waals surface area contributed by atoms with Gasteiger partial charge in [-0.15, -0.1) is 5.92 Å². The van der Waals surface area contributed by atoms with E-state index in [1.807, 2.05) is 6.92 Å². The number of hydrogen-bond donors (Lipinski definition) is 0. The zero-order valence-corrected chi connectivity index (χ0v) is 24.2. The van der Waals surface area contributed by atoms with Crippen LogP contribution in [0, 0.1) is 23.2 Å². The first kappa shape index (κ1) is 27.3. The molecular weight excluding hydrogens is 510 g/mol. The number of hydrogen-bond acceptors (Lipinski definition) is 8. The van der Waals surface area contributed by atoms with Gasteiger partial charge in [0.2, 0.25) is 0 Å². The first-order valence-corrected chi connectivity index (χ1v) is 14.9. The van der Waals surface area contributed by atoms with Gasteiger partial charge in [-0.3, -0.25) is 4.90 Å². The van der Waals surface area contributed by atoms with Gasteiger partial charge in [0.15, 0.2) is 0 Å². The summed E-state index contributed by atoms with van der Waals surface area (Å²) in [5, 5.41) is 12.1. The minimum absolute atomic E-state index is 0.118. The highest BCUT2D eigenvalue weighted by Gasteiger charge is 2.32. The van der Waals surface area contributed by atoms with E-state index in [1.165, 1.54) is 28.4 Å². The van der Waals surface area contributed by atoms with Crippen molar-refractivity contribution in [3.63, 3.8) is 0 Å². The van der Waals surface area contributed by atoms with E-state index in [9.17, 15) is 5.26 Å². The van der Waals surface area contributed by atoms with Gasteiger partial charge < -0.3 is 19.4 Å². The molecule has 3 aliphatic heterocycles. The smallest absolute Gasteiger partial charge is 0.318 e. The molecule has 0 aliphatic carbocycles. The summed E-state index contributed by atoms with van der Waals surface area (Å²) in [7, 11) is 2.17. The summed E-state index contributed by atoms with van der Waals surface area (Å²) in [6.45, 7) is 8.33. The Morgan fingerprint density at radius 2 is 1.88 bits per heavy atom. The number of anilines is 2. The molecule has 2 atom stereocenters. The predicted molar refractivity (Wildman–Crippen MR) is 163 cm³/mol. The third-order valence-electron chi connectivity index (χ3n) is 8.90. The molecule has 3 aromatic rings. The quantitative estimate of drug-likeness (QED) is 0.408. The van der Waals surface area contributed by atoms with Crippen LogP contribution in [0.5, 0.6) is 6.01 Å². The predicted octanol–water partition coefficient (Wildman–Crippen LogP) is 4.09. The third kappa shape index (κ3) is 5.81. The molecule has 0 amide bonds. The first-order valence-electron chi connectivity index (χ1n) is 14.9. The molecule has 0 bridgehead atoms. The zero-order chi connectivity index (χ0) is 28.2. The lowest BCUT2D eigenvalue weighted by atomic mass is 10.0. The van der Waals surface area contributed by atoms with Crippen molar-refractivity contribution in [1.82, 2.24) is 19.8 Å². The largest absolute Gasteiger partial charge is 0.462 e. The molecule has 4 heterocycles. The molecule has 6 rings (SSSR count). The lowest BCUT2D eigenvalue weighted by Gasteiger charge is -2.42. The Labute approximate surface area is 243 Å². The van der Waals surface area contributed by atoms with E-state index in [4.69, 9.17) is 14.7 Å². The molecule has 2 aromatic carbocycles. The minimum Gasteiger partial charge on any atom is -0.462 e. The van der Waals surface area contributed by atoms with Crippen LogP contribution < -0.4 is 14.5 Å². The molecule has 0 N–H and O–H groups in total. The molecule has 8 nitrogen and oxygen atoms in total. The second-order valence-electron chi connectivity index (χ2n) is 11.4. The Hall–Kier alpha value is -3.85. The summed E-state index contributed by atoms with van der Waals surface area (Å²) in [6.07, 6.45) is 3.68. The highest BCUT2D eigenvalue weighted by atomic mass is 16.5. The maximum Gasteiger partial charge on any atom is 0.318 e. The number of benzene rings is 2. The van der Waals surface area contributed by atoms with Crippen LogP contribution in [0.2, 0.25) is 0 Å². The van der Waals surface area contributed by atoms with E-state index in [0.717, 1.165) is 57.1 Å². The number of likely N-dealkylation sites (N-methyl/N-ethyl adjacent to an activating group) is 1. The van der Waals surface area contributed by atoms with E-state index in [0.29, 0.717) is 38.2 Å². The Morgan fingerprint density at radius 1 is 1.00 bits per heavy atom. The van der Waals surface area contributed by atoms with Crippen LogP contribution in [-0.4, -0.2) is 84.8 Å². The van der Waals surface area contributed by atoms with Gasteiger partial charge >= 0.3 is 6.01 Å². The van der Waals surface area contributed by atoms with Gasteiger partial charge in [-0.25, -0.2) is 0 Å². The van der Waals surface area contributed by atoms with Crippen LogP contribution >= 0.6 is 0 Å². The van der Waals surface area contributed by atoms with Crippen molar-refractivity contribution in [1.29, 1.82) is 5.26 Å². The average molecular weight is 550 g/mol. The normalized spacial score (nSPS) is 21.3. The maximum absolute atomic E-state index is 9.58. The second kappa shape index (κ2) is 12.3. The molecule has 2 fully saturated rings. The Morgan fingerprint density at radius 3 is 2.71 bits per heavy atom. The highest BCUT2D eigenvalue weighted by Crippen LogP contribution is 2.35. The van der Waals surface area contributed by atoms with Crippen LogP contribution in [0.15, 0.2) is 42.5 Å². The van der Waals surface area contributed by atoms with E-state index in [-0.39, 0.29) is 6.04 Å². The number of nitriles is 1. The average Bonchev–Trinajstić information content (AvgIpc) is 3.42. The van der Waals surface area contributed by atoms with Gasteiger partial charge in [-0.2, -0.15) is 15.2 Å². The molecule has 41 heavy (non-hydrogen) atoms. The first-order chi connectivity index (χ1) is 20.1. The molecule has 212 valence electrons. The van der Waals surface area contributed by atoms with Crippen LogP contribution in [0.3, 0.4) is 0 Å². The van der Waals surface area contributed by atoms with Crippen LogP contribution in [0.25, 0.3) is 10.8 Å². The maximum atomic E-state index is 9.58. The van der Waals surface area contributed by atoms with E-state index in [1.54, 1.807) is 0 Å². The highest BCUT2D eigenvalue weighted by molar-refractivity contribution is 5.94. The number of aromatic nitrogens is 2. The Kier molecular flexibility index (Phi) is 8.23. The monoisotopic (exact) mass is 549 g/mol. The van der Waals surface area contributed by atoms with Crippen molar-refractivity contribution in [3.05, 3.63) is 53.7 Å². The van der Waals surface area contributed by atoms with Crippen molar-refractivity contribution in [2.75, 3.05) is 62.7 Å². The van der Waals surface area contributed by atoms with E-state index >= 15 is 0 Å². The van der Waals surface area contributed by atoms with Crippen molar-refractivity contribution < 1.29 is 4.74 Å². The van der Waals surface area contributed by atoms with Crippen molar-refractivity contribution in [3.8, 4) is 23.9 Å². The Balaban J connectivity index is 1.31. The molecule has 8 heteroatoms. The lowest BCUT2D eigenvalue weighted by molar-refractivity contribution is 0.186. The Bertz CT molecular complexity index is 1480. The van der Waals surface area contributed by atoms with Crippen molar-refractivity contribution >= 4 is 22.3 Å². The SMILES string of the molecule is CC#CCN1CCN(c2nc(OCC3CCCN3C)nc3c2CCN(c2cccc4ccccc24)C3)CC1CC#N.